The summed E-state index contributed by atoms with van der Waals surface area (Å²) in [6.07, 6.45) is 0.0496. The standard InChI is InChI=1S/C26H31N3O5S.H2O/c1-20(30)28-17-22-6-5-7-25(16-22)34-19-24(31)18-27-15-14-21-10-12-23(13-11-21)29-35(32,33)26-8-3-2-4-9-26;/h2-13,16,24,27,29,31H,14-15,17-19H2,1H3,(H,28,30);1H2/t24-;/m0./s1. The lowest BCUT2D eigenvalue weighted by Crippen LogP contribution is -2.32. The second kappa shape index (κ2) is 14.2. The number of aliphatic hydroxyl groups excluding tert-OH is 1. The normalized spacial score (nSPS) is 11.7. The Morgan fingerprint density at radius 3 is 2.39 bits per heavy atom. The van der Waals surface area contributed by atoms with Crippen molar-refractivity contribution in [2.75, 3.05) is 24.4 Å². The van der Waals surface area contributed by atoms with Gasteiger partial charge in [0.25, 0.3) is 10.0 Å². The van der Waals surface area contributed by atoms with Gasteiger partial charge in [-0.05, 0) is 60.5 Å². The van der Waals surface area contributed by atoms with Gasteiger partial charge >= 0.3 is 0 Å². The van der Waals surface area contributed by atoms with Gasteiger partial charge in [0.1, 0.15) is 18.5 Å². The van der Waals surface area contributed by atoms with Crippen LogP contribution in [-0.2, 0) is 27.8 Å². The Bertz CT molecular complexity index is 1190. The van der Waals surface area contributed by atoms with Crippen LogP contribution in [0, 0.1) is 0 Å². The summed E-state index contributed by atoms with van der Waals surface area (Å²) >= 11 is 0. The Labute approximate surface area is 211 Å². The van der Waals surface area contributed by atoms with E-state index in [9.17, 15) is 18.3 Å². The number of anilines is 1. The molecule has 6 N–H and O–H groups in total. The third-order valence-electron chi connectivity index (χ3n) is 5.11. The highest BCUT2D eigenvalue weighted by Crippen LogP contribution is 2.17. The Morgan fingerprint density at radius 1 is 0.972 bits per heavy atom. The van der Waals surface area contributed by atoms with Gasteiger partial charge in [0, 0.05) is 25.7 Å². The maximum Gasteiger partial charge on any atom is 0.261 e. The Hall–Kier alpha value is -3.44. The molecule has 10 heteroatoms. The molecule has 3 aromatic carbocycles. The number of amides is 1. The quantitative estimate of drug-likeness (QED) is 0.256. The monoisotopic (exact) mass is 515 g/mol. The van der Waals surface area contributed by atoms with Gasteiger partial charge in [-0.2, -0.15) is 0 Å². The number of hydrogen-bond donors (Lipinski definition) is 4. The molecule has 1 amide bonds. The van der Waals surface area contributed by atoms with Crippen LogP contribution in [0.5, 0.6) is 5.75 Å². The zero-order chi connectivity index (χ0) is 25.1. The number of carbonyl (C=O) groups is 1. The van der Waals surface area contributed by atoms with E-state index in [2.05, 4.69) is 15.4 Å². The lowest BCUT2D eigenvalue weighted by molar-refractivity contribution is -0.119. The molecule has 0 aliphatic carbocycles. The number of carbonyl (C=O) groups excluding carboxylic acids is 1. The minimum absolute atomic E-state index is 0. The number of rotatable bonds is 13. The van der Waals surface area contributed by atoms with E-state index in [0.29, 0.717) is 31.1 Å². The van der Waals surface area contributed by atoms with Crippen LogP contribution < -0.4 is 20.1 Å². The molecule has 0 heterocycles. The van der Waals surface area contributed by atoms with Crippen LogP contribution in [0.1, 0.15) is 18.1 Å². The van der Waals surface area contributed by atoms with Crippen LogP contribution in [0.3, 0.4) is 0 Å². The van der Waals surface area contributed by atoms with E-state index in [1.165, 1.54) is 6.92 Å². The molecule has 0 saturated carbocycles. The van der Waals surface area contributed by atoms with Crippen LogP contribution >= 0.6 is 0 Å². The predicted octanol–water partition coefficient (Wildman–Crippen LogP) is 1.87. The first-order valence-electron chi connectivity index (χ1n) is 11.3. The van der Waals surface area contributed by atoms with Gasteiger partial charge < -0.3 is 26.0 Å². The predicted molar refractivity (Wildman–Crippen MR) is 139 cm³/mol. The number of benzene rings is 3. The van der Waals surface area contributed by atoms with Crippen molar-refractivity contribution < 1.29 is 28.5 Å². The van der Waals surface area contributed by atoms with Gasteiger partial charge in [-0.15, -0.1) is 0 Å². The third-order valence-corrected chi connectivity index (χ3v) is 6.51. The average molecular weight is 516 g/mol. The number of nitrogens with one attached hydrogen (secondary N) is 3. The third kappa shape index (κ3) is 9.67. The maximum absolute atomic E-state index is 12.4. The fourth-order valence-corrected chi connectivity index (χ4v) is 4.36. The SMILES string of the molecule is CC(=O)NCc1cccc(OC[C@@H](O)CNCCc2ccc(NS(=O)(=O)c3ccccc3)cc2)c1.O. The van der Waals surface area contributed by atoms with E-state index in [-0.39, 0.29) is 22.9 Å². The molecular weight excluding hydrogens is 482 g/mol. The van der Waals surface area contributed by atoms with Crippen molar-refractivity contribution in [3.63, 3.8) is 0 Å². The van der Waals surface area contributed by atoms with Gasteiger partial charge in [0.05, 0.1) is 4.90 Å². The summed E-state index contributed by atoms with van der Waals surface area (Å²) in [6.45, 7) is 3.07. The highest BCUT2D eigenvalue weighted by atomic mass is 32.2. The van der Waals surface area contributed by atoms with Crippen molar-refractivity contribution in [2.24, 2.45) is 0 Å². The molecule has 0 unspecified atom stereocenters. The summed E-state index contributed by atoms with van der Waals surface area (Å²) in [5.41, 5.74) is 2.46. The summed E-state index contributed by atoms with van der Waals surface area (Å²) < 4.78 is 33.0. The summed E-state index contributed by atoms with van der Waals surface area (Å²) in [5, 5.41) is 16.1. The molecular formula is C26H33N3O6S. The van der Waals surface area contributed by atoms with Crippen LogP contribution in [0.4, 0.5) is 5.69 Å². The number of aliphatic hydroxyl groups is 1. The van der Waals surface area contributed by atoms with Gasteiger partial charge in [0.15, 0.2) is 0 Å². The molecule has 0 saturated heterocycles. The molecule has 9 nitrogen and oxygen atoms in total. The van der Waals surface area contributed by atoms with Gasteiger partial charge in [-0.25, -0.2) is 8.42 Å². The molecule has 3 aromatic rings. The number of ether oxygens (including phenoxy) is 1. The topological polar surface area (TPSA) is 148 Å². The average Bonchev–Trinajstić information content (AvgIpc) is 2.86. The number of sulfonamides is 1. The van der Waals surface area contributed by atoms with E-state index < -0.39 is 16.1 Å². The maximum atomic E-state index is 12.4. The fourth-order valence-electron chi connectivity index (χ4n) is 3.28. The van der Waals surface area contributed by atoms with E-state index in [0.717, 1.165) is 17.5 Å². The van der Waals surface area contributed by atoms with Crippen molar-refractivity contribution in [2.45, 2.75) is 30.9 Å². The molecule has 3 rings (SSSR count). The molecule has 194 valence electrons. The first-order valence-corrected chi connectivity index (χ1v) is 12.8. The van der Waals surface area contributed by atoms with Crippen LogP contribution in [0.15, 0.2) is 83.8 Å². The summed E-state index contributed by atoms with van der Waals surface area (Å²) in [7, 11) is -3.61. The molecule has 0 fully saturated rings. The smallest absolute Gasteiger partial charge is 0.261 e. The van der Waals surface area contributed by atoms with Gasteiger partial charge in [-0.3, -0.25) is 9.52 Å². The van der Waals surface area contributed by atoms with E-state index in [4.69, 9.17) is 4.74 Å². The molecule has 1 atom stereocenters. The molecule has 0 aliphatic rings. The van der Waals surface area contributed by atoms with Crippen LogP contribution in [-0.4, -0.2) is 50.7 Å². The lowest BCUT2D eigenvalue weighted by Gasteiger charge is -2.14. The zero-order valence-electron chi connectivity index (χ0n) is 20.1. The minimum atomic E-state index is -3.61. The molecule has 0 spiro atoms. The fraction of sp³-hybridized carbons (Fsp3) is 0.269. The summed E-state index contributed by atoms with van der Waals surface area (Å²) in [6, 6.07) is 22.8. The minimum Gasteiger partial charge on any atom is -0.491 e. The largest absolute Gasteiger partial charge is 0.491 e. The lowest BCUT2D eigenvalue weighted by atomic mass is 10.1. The van der Waals surface area contributed by atoms with E-state index in [1.54, 1.807) is 48.5 Å². The highest BCUT2D eigenvalue weighted by Gasteiger charge is 2.13. The summed E-state index contributed by atoms with van der Waals surface area (Å²) in [5.74, 6) is 0.538. The van der Waals surface area contributed by atoms with Crippen molar-refractivity contribution >= 4 is 21.6 Å². The second-order valence-electron chi connectivity index (χ2n) is 8.09. The van der Waals surface area contributed by atoms with E-state index in [1.807, 2.05) is 30.3 Å². The Morgan fingerprint density at radius 2 is 1.69 bits per heavy atom. The summed E-state index contributed by atoms with van der Waals surface area (Å²) in [4.78, 5) is 11.3. The first kappa shape index (κ1) is 28.8. The molecule has 0 aliphatic heterocycles. The Kier molecular flexibility index (Phi) is 11.4. The van der Waals surface area contributed by atoms with Crippen molar-refractivity contribution in [1.29, 1.82) is 0 Å². The first-order chi connectivity index (χ1) is 16.8. The Balaban J connectivity index is 0.00000456. The van der Waals surface area contributed by atoms with Crippen molar-refractivity contribution in [1.82, 2.24) is 10.6 Å². The second-order valence-corrected chi connectivity index (χ2v) is 9.77. The van der Waals surface area contributed by atoms with Crippen LogP contribution in [0.25, 0.3) is 0 Å². The van der Waals surface area contributed by atoms with Gasteiger partial charge in [-0.1, -0.05) is 42.5 Å². The zero-order valence-corrected chi connectivity index (χ0v) is 20.9. The van der Waals surface area contributed by atoms with Crippen LogP contribution in [0.2, 0.25) is 0 Å². The van der Waals surface area contributed by atoms with Crippen molar-refractivity contribution in [3.05, 3.63) is 90.0 Å². The molecule has 36 heavy (non-hydrogen) atoms. The van der Waals surface area contributed by atoms with Gasteiger partial charge in [0.2, 0.25) is 5.91 Å². The van der Waals surface area contributed by atoms with E-state index >= 15 is 0 Å². The molecule has 0 bridgehead atoms. The molecule has 0 aromatic heterocycles. The number of hydrogen-bond acceptors (Lipinski definition) is 6. The molecule has 0 radical (unpaired) electrons. The van der Waals surface area contributed by atoms with Crippen molar-refractivity contribution in [3.8, 4) is 5.75 Å². The highest BCUT2D eigenvalue weighted by molar-refractivity contribution is 7.92.